The number of methoxy groups -OCH3 is 2. The summed E-state index contributed by atoms with van der Waals surface area (Å²) in [6.07, 6.45) is -1.40. The molecule has 148 valence electrons. The minimum atomic E-state index is -4.43. The van der Waals surface area contributed by atoms with E-state index in [1.54, 1.807) is 0 Å². The zero-order valence-corrected chi connectivity index (χ0v) is 15.5. The third kappa shape index (κ3) is 3.86. The third-order valence-electron chi connectivity index (χ3n) is 4.90. The molecule has 0 saturated heterocycles. The van der Waals surface area contributed by atoms with Crippen molar-refractivity contribution in [1.82, 2.24) is 19.7 Å². The van der Waals surface area contributed by atoms with Gasteiger partial charge in [0.25, 0.3) is 0 Å². The molecular formula is C16H18ClF3N4O3. The predicted octanol–water partition coefficient (Wildman–Crippen LogP) is 3.26. The number of hydrogen-bond acceptors (Lipinski definition) is 6. The van der Waals surface area contributed by atoms with Crippen LogP contribution in [-0.2, 0) is 20.8 Å². The molecule has 2 aromatic heterocycles. The van der Waals surface area contributed by atoms with Crippen molar-refractivity contribution < 1.29 is 27.4 Å². The van der Waals surface area contributed by atoms with Crippen LogP contribution in [0.1, 0.15) is 37.4 Å². The number of hydrogen-bond donors (Lipinski definition) is 0. The normalized spacial score (nSPS) is 23.6. The lowest BCUT2D eigenvalue weighted by molar-refractivity contribution is -0.170. The van der Waals surface area contributed by atoms with Gasteiger partial charge in [0.1, 0.15) is 17.5 Å². The number of rotatable bonds is 4. The Labute approximate surface area is 157 Å². The molecule has 0 amide bonds. The molecule has 7 nitrogen and oxygen atoms in total. The van der Waals surface area contributed by atoms with E-state index in [4.69, 9.17) is 21.1 Å². The van der Waals surface area contributed by atoms with Crippen LogP contribution in [0.5, 0.6) is 0 Å². The number of alkyl halides is 3. The van der Waals surface area contributed by atoms with E-state index < -0.39 is 24.3 Å². The van der Waals surface area contributed by atoms with Crippen LogP contribution in [0, 0.1) is 0 Å². The zero-order chi connectivity index (χ0) is 19.8. The molecule has 0 radical (unpaired) electrons. The Morgan fingerprint density at radius 3 is 2.56 bits per heavy atom. The number of nitrogens with zero attached hydrogens (tertiary/aromatic N) is 4. The molecule has 0 bridgehead atoms. The monoisotopic (exact) mass is 406 g/mol. The van der Waals surface area contributed by atoms with Crippen LogP contribution in [0.3, 0.4) is 0 Å². The molecule has 0 unspecified atom stereocenters. The van der Waals surface area contributed by atoms with E-state index in [0.29, 0.717) is 31.5 Å². The first-order chi connectivity index (χ1) is 12.7. The molecule has 11 heteroatoms. The number of ether oxygens (including phenoxy) is 2. The summed E-state index contributed by atoms with van der Waals surface area (Å²) in [4.78, 5) is 20.5. The number of carbonyl (C=O) groups is 1. The second-order valence-corrected chi connectivity index (χ2v) is 6.85. The summed E-state index contributed by atoms with van der Waals surface area (Å²) in [6.45, 7) is -1.26. The number of halogens is 4. The number of carbonyl (C=O) groups excluding carboxylic acids is 1. The lowest BCUT2D eigenvalue weighted by atomic mass is 9.78. The van der Waals surface area contributed by atoms with Gasteiger partial charge in [-0.2, -0.15) is 18.3 Å². The molecule has 2 heterocycles. The van der Waals surface area contributed by atoms with E-state index in [9.17, 15) is 18.0 Å². The van der Waals surface area contributed by atoms with Gasteiger partial charge in [-0.1, -0.05) is 11.6 Å². The van der Waals surface area contributed by atoms with Crippen LogP contribution >= 0.6 is 11.6 Å². The van der Waals surface area contributed by atoms with Crippen LogP contribution < -0.4 is 0 Å². The van der Waals surface area contributed by atoms with Crippen molar-refractivity contribution in [2.75, 3.05) is 14.2 Å². The Morgan fingerprint density at radius 1 is 1.33 bits per heavy atom. The molecule has 0 atom stereocenters. The van der Waals surface area contributed by atoms with E-state index in [-0.39, 0.29) is 22.1 Å². The predicted molar refractivity (Wildman–Crippen MR) is 89.4 cm³/mol. The van der Waals surface area contributed by atoms with Gasteiger partial charge in [0, 0.05) is 13.0 Å². The van der Waals surface area contributed by atoms with Crippen molar-refractivity contribution in [2.24, 2.45) is 0 Å². The molecule has 3 rings (SSSR count). The van der Waals surface area contributed by atoms with Gasteiger partial charge in [-0.15, -0.1) is 0 Å². The molecule has 0 aliphatic heterocycles. The summed E-state index contributed by atoms with van der Waals surface area (Å²) in [5.41, 5.74) is -0.976. The largest absolute Gasteiger partial charge is 0.467 e. The first-order valence-corrected chi connectivity index (χ1v) is 8.66. The van der Waals surface area contributed by atoms with E-state index >= 15 is 0 Å². The molecule has 2 aromatic rings. The van der Waals surface area contributed by atoms with Crippen molar-refractivity contribution >= 4 is 28.6 Å². The lowest BCUT2D eigenvalue weighted by Gasteiger charge is -2.36. The minimum Gasteiger partial charge on any atom is -0.467 e. The van der Waals surface area contributed by atoms with Crippen molar-refractivity contribution in [1.29, 1.82) is 0 Å². The van der Waals surface area contributed by atoms with Gasteiger partial charge in [-0.05, 0) is 25.7 Å². The molecule has 1 saturated carbocycles. The van der Waals surface area contributed by atoms with E-state index in [1.807, 2.05) is 0 Å². The first-order valence-electron chi connectivity index (χ1n) is 8.28. The number of fused-ring (bicyclic) bond motifs is 1. The molecule has 27 heavy (non-hydrogen) atoms. The van der Waals surface area contributed by atoms with Crippen molar-refractivity contribution in [3.63, 3.8) is 0 Å². The van der Waals surface area contributed by atoms with Gasteiger partial charge in [0.15, 0.2) is 11.2 Å². The van der Waals surface area contributed by atoms with Crippen LogP contribution in [0.15, 0.2) is 6.20 Å². The van der Waals surface area contributed by atoms with Gasteiger partial charge in [-0.3, -0.25) is 0 Å². The Balaban J connectivity index is 1.88. The van der Waals surface area contributed by atoms with Gasteiger partial charge >= 0.3 is 12.1 Å². The van der Waals surface area contributed by atoms with E-state index in [1.165, 1.54) is 20.4 Å². The standard InChI is InChI=1S/C16H18ClF3N4O3/c1-26-14(25)15(27-2)5-3-9(4-6-15)12-22-11(17)10-7-21-24(13(10)23-12)8-16(18,19)20/h7,9H,3-6,8H2,1-2H3. The number of esters is 1. The highest BCUT2D eigenvalue weighted by molar-refractivity contribution is 6.33. The molecule has 0 N–H and O–H groups in total. The SMILES string of the molecule is COC(=O)C1(OC)CCC(c2nc(Cl)c3cnn(CC(F)(F)F)c3n2)CC1. The second kappa shape index (κ2) is 7.23. The van der Waals surface area contributed by atoms with Crippen molar-refractivity contribution in [3.8, 4) is 0 Å². The fourth-order valence-corrected chi connectivity index (χ4v) is 3.64. The number of aromatic nitrogens is 4. The van der Waals surface area contributed by atoms with Crippen LogP contribution in [0.25, 0.3) is 11.0 Å². The van der Waals surface area contributed by atoms with Crippen molar-refractivity contribution in [2.45, 2.75) is 49.9 Å². The fourth-order valence-electron chi connectivity index (χ4n) is 3.42. The van der Waals surface area contributed by atoms with Crippen LogP contribution in [-0.4, -0.2) is 51.7 Å². The molecule has 0 spiro atoms. The summed E-state index contributed by atoms with van der Waals surface area (Å²) >= 11 is 6.14. The van der Waals surface area contributed by atoms with Gasteiger partial charge in [0.2, 0.25) is 0 Å². The summed E-state index contributed by atoms with van der Waals surface area (Å²) in [5.74, 6) is -0.263. The van der Waals surface area contributed by atoms with E-state index in [0.717, 1.165) is 4.68 Å². The topological polar surface area (TPSA) is 79.1 Å². The lowest BCUT2D eigenvalue weighted by Crippen LogP contribution is -2.44. The average molecular weight is 407 g/mol. The molecule has 1 aliphatic rings. The molecule has 1 fully saturated rings. The maximum absolute atomic E-state index is 12.7. The van der Waals surface area contributed by atoms with Crippen LogP contribution in [0.2, 0.25) is 5.15 Å². The highest BCUT2D eigenvalue weighted by atomic mass is 35.5. The smallest absolute Gasteiger partial charge is 0.408 e. The van der Waals surface area contributed by atoms with Gasteiger partial charge < -0.3 is 9.47 Å². The minimum absolute atomic E-state index is 0.0406. The summed E-state index contributed by atoms with van der Waals surface area (Å²) in [6, 6.07) is 0. The highest BCUT2D eigenvalue weighted by Gasteiger charge is 2.44. The van der Waals surface area contributed by atoms with Crippen LogP contribution in [0.4, 0.5) is 13.2 Å². The maximum Gasteiger partial charge on any atom is 0.408 e. The first kappa shape index (κ1) is 19.8. The van der Waals surface area contributed by atoms with Gasteiger partial charge in [0.05, 0.1) is 18.7 Å². The molecule has 1 aliphatic carbocycles. The Bertz CT molecular complexity index is 847. The summed E-state index contributed by atoms with van der Waals surface area (Å²) in [7, 11) is 2.75. The maximum atomic E-state index is 12.7. The molecule has 0 aromatic carbocycles. The summed E-state index contributed by atoms with van der Waals surface area (Å²) < 4.78 is 49.2. The summed E-state index contributed by atoms with van der Waals surface area (Å²) in [5, 5.41) is 4.05. The second-order valence-electron chi connectivity index (χ2n) is 6.49. The molecular weight excluding hydrogens is 389 g/mol. The third-order valence-corrected chi connectivity index (χ3v) is 5.19. The van der Waals surface area contributed by atoms with E-state index in [2.05, 4.69) is 15.1 Å². The van der Waals surface area contributed by atoms with Gasteiger partial charge in [-0.25, -0.2) is 19.4 Å². The fraction of sp³-hybridized carbons (Fsp3) is 0.625. The van der Waals surface area contributed by atoms with Crippen molar-refractivity contribution in [3.05, 3.63) is 17.2 Å². The zero-order valence-electron chi connectivity index (χ0n) is 14.7. The Hall–Kier alpha value is -1.94. The Kier molecular flexibility index (Phi) is 5.31. The highest BCUT2D eigenvalue weighted by Crippen LogP contribution is 2.40. The average Bonchev–Trinajstić information content (AvgIpc) is 3.02. The quantitative estimate of drug-likeness (QED) is 0.573. The Morgan fingerprint density at radius 2 is 2.00 bits per heavy atom.